The fourth-order valence-corrected chi connectivity index (χ4v) is 1.88. The molecule has 1 N–H and O–H groups in total. The van der Waals surface area contributed by atoms with Crippen LogP contribution in [0.5, 0.6) is 5.75 Å². The minimum atomic E-state index is -0.287. The van der Waals surface area contributed by atoms with E-state index in [1.165, 1.54) is 24.3 Å². The maximum Gasteiger partial charge on any atom is 0.124 e. The van der Waals surface area contributed by atoms with Gasteiger partial charge in [0.1, 0.15) is 24.0 Å². The third-order valence-electron chi connectivity index (χ3n) is 3.03. The van der Waals surface area contributed by atoms with Gasteiger partial charge < -0.3 is 10.1 Å². The maximum atomic E-state index is 13.4. The van der Waals surface area contributed by atoms with E-state index < -0.39 is 0 Å². The third-order valence-corrected chi connectivity index (χ3v) is 3.03. The van der Waals surface area contributed by atoms with E-state index in [4.69, 9.17) is 4.74 Å². The molecule has 0 heterocycles. The van der Waals surface area contributed by atoms with Crippen molar-refractivity contribution in [1.29, 1.82) is 0 Å². The quantitative estimate of drug-likeness (QED) is 0.867. The van der Waals surface area contributed by atoms with Gasteiger partial charge in [-0.2, -0.15) is 0 Å². The first kappa shape index (κ1) is 15.4. The van der Waals surface area contributed by atoms with E-state index in [9.17, 15) is 8.78 Å². The predicted molar refractivity (Wildman–Crippen MR) is 79.1 cm³/mol. The molecule has 0 radical (unpaired) electrons. The highest BCUT2D eigenvalue weighted by atomic mass is 19.1. The Bertz CT molecular complexity index is 582. The molecule has 0 aliphatic heterocycles. The molecule has 2 aromatic rings. The predicted octanol–water partition coefficient (Wildman–Crippen LogP) is 4.04. The SMILES string of the molecule is CC(C)NCc1cc(F)ccc1OCc1ccc(F)cc1. The van der Waals surface area contributed by atoms with Crippen LogP contribution in [-0.2, 0) is 13.2 Å². The average molecular weight is 291 g/mol. The molecule has 0 aliphatic rings. The highest BCUT2D eigenvalue weighted by molar-refractivity contribution is 5.34. The summed E-state index contributed by atoms with van der Waals surface area (Å²) in [5.74, 6) is 0.0703. The normalized spacial score (nSPS) is 10.9. The second-order valence-electron chi connectivity index (χ2n) is 5.20. The number of benzene rings is 2. The van der Waals surface area contributed by atoms with Crippen molar-refractivity contribution in [3.8, 4) is 5.75 Å². The van der Waals surface area contributed by atoms with Crippen LogP contribution in [0.25, 0.3) is 0 Å². The summed E-state index contributed by atoms with van der Waals surface area (Å²) in [6, 6.07) is 10.9. The number of hydrogen-bond acceptors (Lipinski definition) is 2. The summed E-state index contributed by atoms with van der Waals surface area (Å²) in [4.78, 5) is 0. The van der Waals surface area contributed by atoms with Crippen LogP contribution in [-0.4, -0.2) is 6.04 Å². The van der Waals surface area contributed by atoms with Gasteiger partial charge in [-0.25, -0.2) is 8.78 Å². The Kier molecular flexibility index (Phi) is 5.28. The van der Waals surface area contributed by atoms with Crippen LogP contribution in [0.2, 0.25) is 0 Å². The Balaban J connectivity index is 2.06. The van der Waals surface area contributed by atoms with E-state index >= 15 is 0 Å². The number of ether oxygens (including phenoxy) is 1. The molecule has 2 nitrogen and oxygen atoms in total. The summed E-state index contributed by atoms with van der Waals surface area (Å²) in [6.07, 6.45) is 0. The van der Waals surface area contributed by atoms with Gasteiger partial charge in [-0.15, -0.1) is 0 Å². The zero-order chi connectivity index (χ0) is 15.2. The van der Waals surface area contributed by atoms with Crippen LogP contribution in [0, 0.1) is 11.6 Å². The van der Waals surface area contributed by atoms with E-state index in [2.05, 4.69) is 5.32 Å². The van der Waals surface area contributed by atoms with Crippen molar-refractivity contribution in [2.45, 2.75) is 33.0 Å². The second-order valence-corrected chi connectivity index (χ2v) is 5.20. The van der Waals surface area contributed by atoms with E-state index in [-0.39, 0.29) is 11.6 Å². The first-order valence-electron chi connectivity index (χ1n) is 6.93. The zero-order valence-corrected chi connectivity index (χ0v) is 12.2. The van der Waals surface area contributed by atoms with Crippen molar-refractivity contribution in [2.24, 2.45) is 0 Å². The van der Waals surface area contributed by atoms with E-state index in [1.54, 1.807) is 18.2 Å². The summed E-state index contributed by atoms with van der Waals surface area (Å²) in [5.41, 5.74) is 1.63. The molecule has 2 rings (SSSR count). The second kappa shape index (κ2) is 7.18. The lowest BCUT2D eigenvalue weighted by atomic mass is 10.1. The Labute approximate surface area is 123 Å². The minimum absolute atomic E-state index is 0.276. The van der Waals surface area contributed by atoms with E-state index in [0.29, 0.717) is 24.9 Å². The van der Waals surface area contributed by atoms with Gasteiger partial charge >= 0.3 is 0 Å². The molecule has 0 aromatic heterocycles. The van der Waals surface area contributed by atoms with Gasteiger partial charge in [-0.1, -0.05) is 26.0 Å². The Morgan fingerprint density at radius 1 is 1.00 bits per heavy atom. The lowest BCUT2D eigenvalue weighted by Gasteiger charge is -2.14. The largest absolute Gasteiger partial charge is 0.489 e. The molecule has 2 aromatic carbocycles. The molecule has 0 atom stereocenters. The average Bonchev–Trinajstić information content (AvgIpc) is 2.45. The molecule has 0 aliphatic carbocycles. The molecule has 0 saturated heterocycles. The summed E-state index contributed by atoms with van der Waals surface area (Å²) < 4.78 is 31.9. The number of rotatable bonds is 6. The summed E-state index contributed by atoms with van der Waals surface area (Å²) >= 11 is 0. The highest BCUT2D eigenvalue weighted by Crippen LogP contribution is 2.21. The summed E-state index contributed by atoms with van der Waals surface area (Å²) in [5, 5.41) is 3.24. The van der Waals surface area contributed by atoms with Crippen molar-refractivity contribution in [2.75, 3.05) is 0 Å². The first-order valence-corrected chi connectivity index (χ1v) is 6.93. The van der Waals surface area contributed by atoms with Gasteiger partial charge in [0, 0.05) is 18.2 Å². The summed E-state index contributed by atoms with van der Waals surface area (Å²) in [6.45, 7) is 4.91. The van der Waals surface area contributed by atoms with Crippen LogP contribution >= 0.6 is 0 Å². The number of halogens is 2. The van der Waals surface area contributed by atoms with E-state index in [0.717, 1.165) is 11.1 Å². The monoisotopic (exact) mass is 291 g/mol. The number of nitrogens with one attached hydrogen (secondary N) is 1. The van der Waals surface area contributed by atoms with Crippen molar-refractivity contribution < 1.29 is 13.5 Å². The Morgan fingerprint density at radius 2 is 1.67 bits per heavy atom. The fourth-order valence-electron chi connectivity index (χ4n) is 1.88. The lowest BCUT2D eigenvalue weighted by molar-refractivity contribution is 0.301. The van der Waals surface area contributed by atoms with Crippen LogP contribution in [0.3, 0.4) is 0 Å². The lowest BCUT2D eigenvalue weighted by Crippen LogP contribution is -2.22. The van der Waals surface area contributed by atoms with Crippen LogP contribution in [0.1, 0.15) is 25.0 Å². The molecule has 4 heteroatoms. The molecule has 0 unspecified atom stereocenters. The van der Waals surface area contributed by atoms with E-state index in [1.807, 2.05) is 13.8 Å². The van der Waals surface area contributed by atoms with Gasteiger partial charge in [0.25, 0.3) is 0 Å². The smallest absolute Gasteiger partial charge is 0.124 e. The third kappa shape index (κ3) is 4.83. The van der Waals surface area contributed by atoms with Gasteiger partial charge in [0.05, 0.1) is 0 Å². The molecular weight excluding hydrogens is 272 g/mol. The van der Waals surface area contributed by atoms with Crippen molar-refractivity contribution in [1.82, 2.24) is 5.32 Å². The molecule has 21 heavy (non-hydrogen) atoms. The van der Waals surface area contributed by atoms with Gasteiger partial charge in [-0.05, 0) is 35.9 Å². The van der Waals surface area contributed by atoms with Crippen LogP contribution in [0.15, 0.2) is 42.5 Å². The fraction of sp³-hybridized carbons (Fsp3) is 0.294. The Hall–Kier alpha value is -1.94. The molecular formula is C17H19F2NO. The highest BCUT2D eigenvalue weighted by Gasteiger charge is 2.07. The van der Waals surface area contributed by atoms with Crippen LogP contribution in [0.4, 0.5) is 8.78 Å². The number of hydrogen-bond donors (Lipinski definition) is 1. The molecule has 0 amide bonds. The molecule has 0 saturated carbocycles. The van der Waals surface area contributed by atoms with Gasteiger partial charge in [0.15, 0.2) is 0 Å². The molecule has 112 valence electrons. The summed E-state index contributed by atoms with van der Waals surface area (Å²) in [7, 11) is 0. The zero-order valence-electron chi connectivity index (χ0n) is 12.2. The topological polar surface area (TPSA) is 21.3 Å². The molecule has 0 bridgehead atoms. The van der Waals surface area contributed by atoms with Crippen LogP contribution < -0.4 is 10.1 Å². The minimum Gasteiger partial charge on any atom is -0.489 e. The van der Waals surface area contributed by atoms with Crippen molar-refractivity contribution >= 4 is 0 Å². The van der Waals surface area contributed by atoms with Gasteiger partial charge in [-0.3, -0.25) is 0 Å². The molecule has 0 spiro atoms. The van der Waals surface area contributed by atoms with Gasteiger partial charge in [0.2, 0.25) is 0 Å². The standard InChI is InChI=1S/C17H19F2NO/c1-12(2)20-10-14-9-16(19)7-8-17(14)21-11-13-3-5-15(18)6-4-13/h3-9,12,20H,10-11H2,1-2H3. The Morgan fingerprint density at radius 3 is 2.33 bits per heavy atom. The first-order chi connectivity index (χ1) is 10.0. The molecule has 0 fully saturated rings. The maximum absolute atomic E-state index is 13.4. The van der Waals surface area contributed by atoms with Crippen molar-refractivity contribution in [3.63, 3.8) is 0 Å². The van der Waals surface area contributed by atoms with Crippen molar-refractivity contribution in [3.05, 3.63) is 65.2 Å².